The largest absolute Gasteiger partial charge is 0.457 e. The SMILES string of the molecule is C=CCN1C(=O)/C(=C/c2cccc(Oc3cccc(C(F)(F)F)c3)c2)C(=O)NC1=S. The number of nitrogens with one attached hydrogen (secondary N) is 1. The fraction of sp³-hybridized carbons (Fsp3) is 0.0952. The van der Waals surface area contributed by atoms with Gasteiger partial charge >= 0.3 is 6.18 Å². The van der Waals surface area contributed by atoms with E-state index >= 15 is 0 Å². The summed E-state index contributed by atoms with van der Waals surface area (Å²) >= 11 is 4.99. The summed E-state index contributed by atoms with van der Waals surface area (Å²) in [6.07, 6.45) is -1.66. The molecule has 154 valence electrons. The van der Waals surface area contributed by atoms with Crippen LogP contribution in [0.4, 0.5) is 13.2 Å². The van der Waals surface area contributed by atoms with Gasteiger partial charge in [0, 0.05) is 6.54 Å². The molecule has 0 atom stereocenters. The standard InChI is InChI=1S/C21H15F3N2O3S/c1-2-9-26-19(28)17(18(27)25-20(26)30)11-13-5-3-7-15(10-13)29-16-8-4-6-14(12-16)21(22,23)24/h2-8,10-12H,1,9H2,(H,25,27,30)/b17-11+. The van der Waals surface area contributed by atoms with Gasteiger partial charge in [-0.25, -0.2) is 0 Å². The first-order chi connectivity index (χ1) is 14.2. The van der Waals surface area contributed by atoms with Crippen LogP contribution in [0.5, 0.6) is 11.5 Å². The van der Waals surface area contributed by atoms with Gasteiger partial charge in [0.25, 0.3) is 11.8 Å². The average molecular weight is 432 g/mol. The number of halogens is 3. The van der Waals surface area contributed by atoms with Crippen LogP contribution in [-0.4, -0.2) is 28.4 Å². The molecule has 2 aromatic carbocycles. The Morgan fingerprint density at radius 3 is 2.43 bits per heavy atom. The maximum Gasteiger partial charge on any atom is 0.416 e. The lowest BCUT2D eigenvalue weighted by molar-refractivity contribution is -0.137. The van der Waals surface area contributed by atoms with E-state index in [0.717, 1.165) is 12.1 Å². The molecule has 1 fully saturated rings. The highest BCUT2D eigenvalue weighted by atomic mass is 32.1. The van der Waals surface area contributed by atoms with E-state index in [4.69, 9.17) is 17.0 Å². The highest BCUT2D eigenvalue weighted by Gasteiger charge is 2.32. The number of thiocarbonyl (C=S) groups is 1. The number of carbonyl (C=O) groups excluding carboxylic acids is 2. The molecule has 1 N–H and O–H groups in total. The van der Waals surface area contributed by atoms with E-state index in [1.807, 2.05) is 0 Å². The fourth-order valence-electron chi connectivity index (χ4n) is 2.70. The Balaban J connectivity index is 1.87. The summed E-state index contributed by atoms with van der Waals surface area (Å²) in [7, 11) is 0. The van der Waals surface area contributed by atoms with Crippen LogP contribution in [0, 0.1) is 0 Å². The van der Waals surface area contributed by atoms with Crippen molar-refractivity contribution >= 4 is 35.2 Å². The van der Waals surface area contributed by atoms with Gasteiger partial charge in [-0.2, -0.15) is 13.2 Å². The topological polar surface area (TPSA) is 58.6 Å². The van der Waals surface area contributed by atoms with Crippen molar-refractivity contribution in [2.24, 2.45) is 0 Å². The monoisotopic (exact) mass is 432 g/mol. The predicted octanol–water partition coefficient (Wildman–Crippen LogP) is 4.31. The molecular formula is C21H15F3N2O3S. The molecule has 1 heterocycles. The number of nitrogens with zero attached hydrogens (tertiary/aromatic N) is 1. The van der Waals surface area contributed by atoms with Gasteiger partial charge in [-0.3, -0.25) is 19.8 Å². The van der Waals surface area contributed by atoms with Crippen LogP contribution in [-0.2, 0) is 15.8 Å². The summed E-state index contributed by atoms with van der Waals surface area (Å²) in [5.74, 6) is -0.975. The third kappa shape index (κ3) is 4.74. The Bertz CT molecular complexity index is 1060. The summed E-state index contributed by atoms with van der Waals surface area (Å²) in [6, 6.07) is 10.7. The number of hydrogen-bond donors (Lipinski definition) is 1. The molecule has 0 unspecified atom stereocenters. The molecule has 30 heavy (non-hydrogen) atoms. The van der Waals surface area contributed by atoms with Gasteiger partial charge in [-0.05, 0) is 54.2 Å². The third-order valence-corrected chi connectivity index (χ3v) is 4.39. The van der Waals surface area contributed by atoms with Crippen LogP contribution in [0.15, 0.2) is 66.8 Å². The van der Waals surface area contributed by atoms with Crippen LogP contribution < -0.4 is 10.1 Å². The summed E-state index contributed by atoms with van der Waals surface area (Å²) in [6.45, 7) is 3.68. The van der Waals surface area contributed by atoms with Crippen LogP contribution in [0.2, 0.25) is 0 Å². The second kappa shape index (κ2) is 8.50. The van der Waals surface area contributed by atoms with Crippen LogP contribution in [0.1, 0.15) is 11.1 Å². The molecule has 2 amide bonds. The van der Waals surface area contributed by atoms with E-state index in [2.05, 4.69) is 11.9 Å². The number of benzene rings is 2. The van der Waals surface area contributed by atoms with Crippen molar-refractivity contribution in [1.29, 1.82) is 0 Å². The van der Waals surface area contributed by atoms with Gasteiger partial charge in [0.1, 0.15) is 17.1 Å². The lowest BCUT2D eigenvalue weighted by atomic mass is 10.1. The quantitative estimate of drug-likeness (QED) is 0.331. The minimum atomic E-state index is -4.49. The number of rotatable bonds is 5. The first-order valence-corrected chi connectivity index (χ1v) is 9.05. The lowest BCUT2D eigenvalue weighted by Gasteiger charge is -2.27. The molecule has 1 aliphatic heterocycles. The number of ether oxygens (including phenoxy) is 1. The van der Waals surface area contributed by atoms with Crippen LogP contribution in [0.3, 0.4) is 0 Å². The molecule has 1 saturated heterocycles. The van der Waals surface area contributed by atoms with E-state index in [1.54, 1.807) is 18.2 Å². The van der Waals surface area contributed by atoms with E-state index in [1.165, 1.54) is 35.3 Å². The molecule has 2 aromatic rings. The van der Waals surface area contributed by atoms with Gasteiger partial charge in [0.05, 0.1) is 5.56 Å². The van der Waals surface area contributed by atoms with Crippen molar-refractivity contribution in [1.82, 2.24) is 10.2 Å². The molecule has 5 nitrogen and oxygen atoms in total. The highest BCUT2D eigenvalue weighted by Crippen LogP contribution is 2.33. The van der Waals surface area contributed by atoms with Gasteiger partial charge in [-0.15, -0.1) is 6.58 Å². The molecule has 9 heteroatoms. The maximum absolute atomic E-state index is 12.9. The third-order valence-electron chi connectivity index (χ3n) is 4.06. The summed E-state index contributed by atoms with van der Waals surface area (Å²) < 4.78 is 44.1. The highest BCUT2D eigenvalue weighted by molar-refractivity contribution is 7.80. The zero-order valence-corrected chi connectivity index (χ0v) is 16.2. The lowest BCUT2D eigenvalue weighted by Crippen LogP contribution is -2.53. The average Bonchev–Trinajstić information content (AvgIpc) is 2.68. The van der Waals surface area contributed by atoms with Gasteiger partial charge in [0.2, 0.25) is 0 Å². The maximum atomic E-state index is 12.9. The number of carbonyl (C=O) groups is 2. The van der Waals surface area contributed by atoms with Crippen molar-refractivity contribution in [3.8, 4) is 11.5 Å². The zero-order chi connectivity index (χ0) is 21.9. The van der Waals surface area contributed by atoms with Crippen LogP contribution >= 0.6 is 12.2 Å². The predicted molar refractivity (Wildman–Crippen MR) is 109 cm³/mol. The first-order valence-electron chi connectivity index (χ1n) is 8.64. The van der Waals surface area contributed by atoms with E-state index < -0.39 is 23.6 Å². The molecule has 0 saturated carbocycles. The second-order valence-electron chi connectivity index (χ2n) is 6.22. The minimum Gasteiger partial charge on any atom is -0.457 e. The van der Waals surface area contributed by atoms with Crippen molar-refractivity contribution in [2.45, 2.75) is 6.18 Å². The Kier molecular flexibility index (Phi) is 6.02. The normalized spacial score (nSPS) is 15.9. The van der Waals surface area contributed by atoms with Crippen molar-refractivity contribution in [2.75, 3.05) is 6.54 Å². The zero-order valence-electron chi connectivity index (χ0n) is 15.4. The molecule has 1 aliphatic rings. The van der Waals surface area contributed by atoms with Crippen molar-refractivity contribution in [3.63, 3.8) is 0 Å². The van der Waals surface area contributed by atoms with E-state index in [-0.39, 0.29) is 28.7 Å². The Morgan fingerprint density at radius 1 is 1.10 bits per heavy atom. The molecule has 3 rings (SSSR count). The number of alkyl halides is 3. The van der Waals surface area contributed by atoms with Gasteiger partial charge in [0.15, 0.2) is 5.11 Å². The first kappa shape index (κ1) is 21.3. The summed E-state index contributed by atoms with van der Waals surface area (Å²) in [5, 5.41) is 2.42. The van der Waals surface area contributed by atoms with E-state index in [9.17, 15) is 22.8 Å². The molecule has 0 spiro atoms. The smallest absolute Gasteiger partial charge is 0.416 e. The Hall–Kier alpha value is -3.46. The van der Waals surface area contributed by atoms with Crippen molar-refractivity contribution in [3.05, 3.63) is 77.9 Å². The molecule has 0 aromatic heterocycles. The van der Waals surface area contributed by atoms with Crippen molar-refractivity contribution < 1.29 is 27.5 Å². The minimum absolute atomic E-state index is 0.00335. The van der Waals surface area contributed by atoms with Gasteiger partial charge < -0.3 is 4.74 Å². The summed E-state index contributed by atoms with van der Waals surface area (Å²) in [4.78, 5) is 26.0. The Labute approximate surface area is 175 Å². The molecular weight excluding hydrogens is 417 g/mol. The van der Waals surface area contributed by atoms with E-state index in [0.29, 0.717) is 5.56 Å². The second-order valence-corrected chi connectivity index (χ2v) is 6.61. The number of hydrogen-bond acceptors (Lipinski definition) is 4. The van der Waals surface area contributed by atoms with Gasteiger partial charge in [-0.1, -0.05) is 24.3 Å². The summed E-state index contributed by atoms with van der Waals surface area (Å²) in [5.41, 5.74) is -0.521. The van der Waals surface area contributed by atoms with Crippen LogP contribution in [0.25, 0.3) is 6.08 Å². The molecule has 0 bridgehead atoms. The molecule has 0 aliphatic carbocycles. The molecule has 0 radical (unpaired) electrons. The Morgan fingerprint density at radius 2 is 1.77 bits per heavy atom. The fourth-order valence-corrected chi connectivity index (χ4v) is 2.95. The number of amides is 2.